The Kier molecular flexibility index (Phi) is 5.72. The number of carbonyl (C=O) groups excluding carboxylic acids is 1. The van der Waals surface area contributed by atoms with E-state index >= 15 is 0 Å². The average molecular weight is 241 g/mol. The van der Waals surface area contributed by atoms with Gasteiger partial charge in [0.1, 0.15) is 12.4 Å². The van der Waals surface area contributed by atoms with Crippen molar-refractivity contribution in [1.29, 1.82) is 0 Å². The van der Waals surface area contributed by atoms with Crippen LogP contribution < -0.4 is 0 Å². The monoisotopic (exact) mass is 241 g/mol. The molecule has 0 aliphatic rings. The van der Waals surface area contributed by atoms with Gasteiger partial charge in [-0.25, -0.2) is 0 Å². The van der Waals surface area contributed by atoms with Gasteiger partial charge in [-0.15, -0.1) is 0 Å². The van der Waals surface area contributed by atoms with E-state index in [4.69, 9.17) is 13.9 Å². The number of aryl methyl sites for hydroxylation is 1. The van der Waals surface area contributed by atoms with Crippen molar-refractivity contribution in [3.05, 3.63) is 23.7 Å². The minimum absolute atomic E-state index is 0.0540. The molecule has 1 rings (SSSR count). The van der Waals surface area contributed by atoms with Gasteiger partial charge in [0.2, 0.25) is 5.91 Å². The predicted octanol–water partition coefficient (Wildman–Crippen LogP) is 1.21. The van der Waals surface area contributed by atoms with Crippen LogP contribution >= 0.6 is 0 Å². The lowest BCUT2D eigenvalue weighted by Crippen LogP contribution is -2.30. The highest BCUT2D eigenvalue weighted by molar-refractivity contribution is 5.77. The van der Waals surface area contributed by atoms with Crippen LogP contribution in [-0.4, -0.2) is 44.8 Å². The first kappa shape index (κ1) is 13.7. The lowest BCUT2D eigenvalue weighted by atomic mass is 10.2. The first-order chi connectivity index (χ1) is 8.15. The largest absolute Gasteiger partial charge is 0.469 e. The molecular formula is C12H19NO4. The summed E-state index contributed by atoms with van der Waals surface area (Å²) in [7, 11) is 3.34. The molecule has 0 radical (unpaired) electrons. The Hall–Kier alpha value is -1.33. The van der Waals surface area contributed by atoms with Crippen LogP contribution in [0, 0.1) is 6.92 Å². The zero-order valence-corrected chi connectivity index (χ0v) is 10.6. The van der Waals surface area contributed by atoms with E-state index in [1.165, 1.54) is 0 Å². The number of hydrogen-bond donors (Lipinski definition) is 0. The van der Waals surface area contributed by atoms with E-state index in [-0.39, 0.29) is 12.5 Å². The number of carbonyl (C=O) groups is 1. The summed E-state index contributed by atoms with van der Waals surface area (Å²) in [6.07, 6.45) is 1.62. The van der Waals surface area contributed by atoms with Gasteiger partial charge in [-0.05, 0) is 13.0 Å². The molecule has 1 heterocycles. The van der Waals surface area contributed by atoms with Gasteiger partial charge in [-0.3, -0.25) is 4.79 Å². The molecule has 0 bridgehead atoms. The van der Waals surface area contributed by atoms with Crippen LogP contribution in [0.5, 0.6) is 0 Å². The van der Waals surface area contributed by atoms with Gasteiger partial charge >= 0.3 is 0 Å². The smallest absolute Gasteiger partial charge is 0.248 e. The Morgan fingerprint density at radius 3 is 2.82 bits per heavy atom. The van der Waals surface area contributed by atoms with E-state index < -0.39 is 0 Å². The van der Waals surface area contributed by atoms with Gasteiger partial charge in [-0.2, -0.15) is 0 Å². The van der Waals surface area contributed by atoms with E-state index in [0.717, 1.165) is 11.3 Å². The minimum Gasteiger partial charge on any atom is -0.469 e. The highest BCUT2D eigenvalue weighted by Gasteiger charge is 2.11. The third-order valence-electron chi connectivity index (χ3n) is 2.46. The van der Waals surface area contributed by atoms with Crippen LogP contribution in [0.4, 0.5) is 0 Å². The van der Waals surface area contributed by atoms with Crippen LogP contribution in [0.25, 0.3) is 0 Å². The second-order valence-electron chi connectivity index (χ2n) is 3.80. The molecule has 1 amide bonds. The summed E-state index contributed by atoms with van der Waals surface area (Å²) in [5.41, 5.74) is 1.01. The molecule has 0 aliphatic heterocycles. The Balaban J connectivity index is 2.30. The summed E-state index contributed by atoms with van der Waals surface area (Å²) in [4.78, 5) is 13.3. The Morgan fingerprint density at radius 1 is 1.47 bits per heavy atom. The standard InChI is InChI=1S/C12H19NO4/c1-10-11(4-5-17-10)8-13(2)12(14)9-16-7-6-15-3/h4-5H,6-9H2,1-3H3. The molecular weight excluding hydrogens is 222 g/mol. The molecule has 0 aliphatic carbocycles. The van der Waals surface area contributed by atoms with Gasteiger partial charge in [0.25, 0.3) is 0 Å². The van der Waals surface area contributed by atoms with Crippen molar-refractivity contribution in [1.82, 2.24) is 4.90 Å². The van der Waals surface area contributed by atoms with Crippen LogP contribution in [0.15, 0.2) is 16.7 Å². The molecule has 0 N–H and O–H groups in total. The zero-order chi connectivity index (χ0) is 12.7. The van der Waals surface area contributed by atoms with E-state index in [1.807, 2.05) is 13.0 Å². The number of ether oxygens (including phenoxy) is 2. The second-order valence-corrected chi connectivity index (χ2v) is 3.80. The molecule has 96 valence electrons. The van der Waals surface area contributed by atoms with Crippen LogP contribution in [0.1, 0.15) is 11.3 Å². The molecule has 0 unspecified atom stereocenters. The lowest BCUT2D eigenvalue weighted by molar-refractivity contribution is -0.135. The first-order valence-corrected chi connectivity index (χ1v) is 5.48. The molecule has 5 heteroatoms. The van der Waals surface area contributed by atoms with E-state index in [0.29, 0.717) is 19.8 Å². The maximum absolute atomic E-state index is 11.7. The third kappa shape index (κ3) is 4.58. The van der Waals surface area contributed by atoms with Crippen LogP contribution in [0.3, 0.4) is 0 Å². The Bertz CT molecular complexity index is 348. The minimum atomic E-state index is -0.0540. The summed E-state index contributed by atoms with van der Waals surface area (Å²) in [6.45, 7) is 3.42. The SMILES string of the molecule is COCCOCC(=O)N(C)Cc1ccoc1C. The van der Waals surface area contributed by atoms with Crippen molar-refractivity contribution in [2.24, 2.45) is 0 Å². The van der Waals surface area contributed by atoms with Crippen molar-refractivity contribution in [3.8, 4) is 0 Å². The summed E-state index contributed by atoms with van der Waals surface area (Å²) in [5, 5.41) is 0. The fourth-order valence-electron chi connectivity index (χ4n) is 1.33. The molecule has 0 spiro atoms. The fourth-order valence-corrected chi connectivity index (χ4v) is 1.33. The number of hydrogen-bond acceptors (Lipinski definition) is 4. The number of amides is 1. The summed E-state index contributed by atoms with van der Waals surface area (Å²) < 4.78 is 15.2. The zero-order valence-electron chi connectivity index (χ0n) is 10.6. The number of likely N-dealkylation sites (N-methyl/N-ethyl adjacent to an activating group) is 1. The van der Waals surface area contributed by atoms with E-state index in [1.54, 1.807) is 25.3 Å². The van der Waals surface area contributed by atoms with E-state index in [2.05, 4.69) is 0 Å². The van der Waals surface area contributed by atoms with Crippen LogP contribution in [-0.2, 0) is 20.8 Å². The van der Waals surface area contributed by atoms with E-state index in [9.17, 15) is 4.79 Å². The Morgan fingerprint density at radius 2 is 2.24 bits per heavy atom. The van der Waals surface area contributed by atoms with Crippen molar-refractivity contribution in [3.63, 3.8) is 0 Å². The van der Waals surface area contributed by atoms with Crippen molar-refractivity contribution in [2.75, 3.05) is 34.0 Å². The second kappa shape index (κ2) is 7.09. The van der Waals surface area contributed by atoms with Gasteiger partial charge < -0.3 is 18.8 Å². The highest BCUT2D eigenvalue weighted by atomic mass is 16.5. The van der Waals surface area contributed by atoms with Gasteiger partial charge in [0, 0.05) is 26.3 Å². The number of rotatable bonds is 7. The molecule has 0 saturated carbocycles. The molecule has 0 saturated heterocycles. The predicted molar refractivity (Wildman–Crippen MR) is 62.6 cm³/mol. The third-order valence-corrected chi connectivity index (χ3v) is 2.46. The molecule has 0 aromatic carbocycles. The normalized spacial score (nSPS) is 10.5. The van der Waals surface area contributed by atoms with Gasteiger partial charge in [-0.1, -0.05) is 0 Å². The maximum Gasteiger partial charge on any atom is 0.248 e. The van der Waals surface area contributed by atoms with Gasteiger partial charge in [0.15, 0.2) is 0 Å². The molecule has 1 aromatic heterocycles. The van der Waals surface area contributed by atoms with Crippen LogP contribution in [0.2, 0.25) is 0 Å². The van der Waals surface area contributed by atoms with Crippen molar-refractivity contribution >= 4 is 5.91 Å². The number of methoxy groups -OCH3 is 1. The molecule has 0 atom stereocenters. The number of furan rings is 1. The molecule has 1 aromatic rings. The summed E-state index contributed by atoms with van der Waals surface area (Å²) >= 11 is 0. The molecule has 17 heavy (non-hydrogen) atoms. The first-order valence-electron chi connectivity index (χ1n) is 5.48. The summed E-state index contributed by atoms with van der Waals surface area (Å²) in [6, 6.07) is 1.87. The van der Waals surface area contributed by atoms with Crippen molar-refractivity contribution < 1.29 is 18.7 Å². The topological polar surface area (TPSA) is 51.9 Å². The highest BCUT2D eigenvalue weighted by Crippen LogP contribution is 2.10. The Labute approximate surface area is 101 Å². The fraction of sp³-hybridized carbons (Fsp3) is 0.583. The number of nitrogens with zero attached hydrogens (tertiary/aromatic N) is 1. The maximum atomic E-state index is 11.7. The lowest BCUT2D eigenvalue weighted by Gasteiger charge is -2.16. The average Bonchev–Trinajstić information content (AvgIpc) is 2.70. The summed E-state index contributed by atoms with van der Waals surface area (Å²) in [5.74, 6) is 0.784. The van der Waals surface area contributed by atoms with Crippen molar-refractivity contribution in [2.45, 2.75) is 13.5 Å². The molecule has 5 nitrogen and oxygen atoms in total. The quantitative estimate of drug-likeness (QED) is 0.673. The molecule has 0 fully saturated rings. The van der Waals surface area contributed by atoms with Gasteiger partial charge in [0.05, 0.1) is 19.5 Å².